The molecule has 1 aromatic carbocycles. The van der Waals surface area contributed by atoms with Crippen molar-refractivity contribution in [2.24, 2.45) is 7.05 Å². The van der Waals surface area contributed by atoms with Gasteiger partial charge in [0.15, 0.2) is 0 Å². The highest BCUT2D eigenvalue weighted by molar-refractivity contribution is 5.94. The van der Waals surface area contributed by atoms with E-state index in [1.54, 1.807) is 30.9 Å². The van der Waals surface area contributed by atoms with Gasteiger partial charge in [0.25, 0.3) is 5.91 Å². The van der Waals surface area contributed by atoms with Gasteiger partial charge >= 0.3 is 0 Å². The minimum atomic E-state index is -0.0335. The lowest BCUT2D eigenvalue weighted by Gasteiger charge is -2.36. The minimum Gasteiger partial charge on any atom is -0.381 e. The summed E-state index contributed by atoms with van der Waals surface area (Å²) in [5.74, 6) is -0.00418. The van der Waals surface area contributed by atoms with Gasteiger partial charge in [-0.2, -0.15) is 5.10 Å². The zero-order valence-electron chi connectivity index (χ0n) is 19.8. The molecule has 0 spiro atoms. The standard InChI is InChI=1S/C25H35N5O3/c1-20(31)30-16-6-14-28(22-10-17-33-18-11-22)13-5-15-29(19-21-7-3-4-8-23(21)30)25(32)24-9-12-26-27(24)2/h3-4,7-9,12,22H,5-6,10-11,13-19H2,1-2H3. The van der Waals surface area contributed by atoms with Crippen molar-refractivity contribution in [3.8, 4) is 0 Å². The number of rotatable bonds is 2. The minimum absolute atomic E-state index is 0.0293. The van der Waals surface area contributed by atoms with E-state index in [0.717, 1.165) is 63.2 Å². The maximum Gasteiger partial charge on any atom is 0.272 e. The number of nitrogens with zero attached hydrogens (tertiary/aromatic N) is 5. The van der Waals surface area contributed by atoms with Crippen molar-refractivity contribution in [2.45, 2.75) is 45.2 Å². The fourth-order valence-electron chi connectivity index (χ4n) is 4.98. The zero-order valence-corrected chi connectivity index (χ0v) is 19.8. The quantitative estimate of drug-likeness (QED) is 0.699. The van der Waals surface area contributed by atoms with Crippen LogP contribution in [-0.2, 0) is 23.1 Å². The van der Waals surface area contributed by atoms with Gasteiger partial charge in [0, 0.05) is 77.8 Å². The lowest BCUT2D eigenvalue weighted by molar-refractivity contribution is -0.116. The average molecular weight is 454 g/mol. The molecular formula is C25H35N5O3. The Morgan fingerprint density at radius 2 is 1.73 bits per heavy atom. The molecule has 0 unspecified atom stereocenters. The monoisotopic (exact) mass is 453 g/mol. The van der Waals surface area contributed by atoms with Gasteiger partial charge in [-0.05, 0) is 43.4 Å². The number of para-hydroxylation sites is 1. The van der Waals surface area contributed by atoms with E-state index in [1.807, 2.05) is 34.1 Å². The van der Waals surface area contributed by atoms with Gasteiger partial charge in [0.2, 0.25) is 5.91 Å². The fourth-order valence-corrected chi connectivity index (χ4v) is 4.98. The molecule has 1 fully saturated rings. The van der Waals surface area contributed by atoms with Crippen molar-refractivity contribution >= 4 is 17.5 Å². The maximum atomic E-state index is 13.5. The van der Waals surface area contributed by atoms with Crippen molar-refractivity contribution in [3.63, 3.8) is 0 Å². The summed E-state index contributed by atoms with van der Waals surface area (Å²) in [7, 11) is 1.79. The van der Waals surface area contributed by atoms with Crippen LogP contribution in [-0.4, -0.2) is 76.8 Å². The first kappa shape index (κ1) is 23.4. The van der Waals surface area contributed by atoms with E-state index in [2.05, 4.69) is 10.00 Å². The highest BCUT2D eigenvalue weighted by atomic mass is 16.5. The second-order valence-electron chi connectivity index (χ2n) is 8.95. The number of hydrogen-bond acceptors (Lipinski definition) is 5. The molecule has 0 aliphatic carbocycles. The van der Waals surface area contributed by atoms with E-state index >= 15 is 0 Å². The van der Waals surface area contributed by atoms with Crippen LogP contribution in [0.2, 0.25) is 0 Å². The van der Waals surface area contributed by atoms with Crippen molar-refractivity contribution in [3.05, 3.63) is 47.8 Å². The number of anilines is 1. The largest absolute Gasteiger partial charge is 0.381 e. The first-order valence-corrected chi connectivity index (χ1v) is 12.0. The van der Waals surface area contributed by atoms with Gasteiger partial charge in [-0.25, -0.2) is 0 Å². The number of benzene rings is 1. The molecule has 1 saturated heterocycles. The first-order valence-electron chi connectivity index (χ1n) is 12.0. The molecule has 0 N–H and O–H groups in total. The molecule has 3 heterocycles. The number of carbonyl (C=O) groups is 2. The summed E-state index contributed by atoms with van der Waals surface area (Å²) in [6.07, 6.45) is 5.55. The van der Waals surface area contributed by atoms with Crippen LogP contribution in [0.3, 0.4) is 0 Å². The number of fused-ring (bicyclic) bond motifs is 1. The van der Waals surface area contributed by atoms with Gasteiger partial charge in [0.05, 0.1) is 0 Å². The van der Waals surface area contributed by atoms with Gasteiger partial charge < -0.3 is 19.4 Å². The Labute approximate surface area is 196 Å². The topological polar surface area (TPSA) is 70.9 Å². The Morgan fingerprint density at radius 3 is 2.42 bits per heavy atom. The fraction of sp³-hybridized carbons (Fsp3) is 0.560. The summed E-state index contributed by atoms with van der Waals surface area (Å²) in [6.45, 7) is 6.88. The third-order valence-corrected chi connectivity index (χ3v) is 6.76. The average Bonchev–Trinajstić information content (AvgIpc) is 3.25. The molecule has 33 heavy (non-hydrogen) atoms. The van der Waals surface area contributed by atoms with Gasteiger partial charge in [-0.1, -0.05) is 18.2 Å². The summed E-state index contributed by atoms with van der Waals surface area (Å²) in [5.41, 5.74) is 2.46. The molecule has 1 aromatic heterocycles. The summed E-state index contributed by atoms with van der Waals surface area (Å²) in [6, 6.07) is 10.2. The highest BCUT2D eigenvalue weighted by Gasteiger charge is 2.26. The lowest BCUT2D eigenvalue weighted by Crippen LogP contribution is -2.43. The Morgan fingerprint density at radius 1 is 1.00 bits per heavy atom. The number of hydrogen-bond donors (Lipinski definition) is 0. The molecule has 2 aliphatic rings. The molecule has 0 saturated carbocycles. The third-order valence-electron chi connectivity index (χ3n) is 6.76. The molecule has 8 heteroatoms. The molecule has 8 nitrogen and oxygen atoms in total. The Bertz CT molecular complexity index is 953. The molecule has 2 aliphatic heterocycles. The van der Waals surface area contributed by atoms with E-state index in [1.165, 1.54) is 0 Å². The summed E-state index contributed by atoms with van der Waals surface area (Å²) in [5, 5.41) is 4.18. The highest BCUT2D eigenvalue weighted by Crippen LogP contribution is 2.25. The zero-order chi connectivity index (χ0) is 23.2. The molecule has 0 atom stereocenters. The molecule has 2 amide bonds. The Balaban J connectivity index is 1.63. The second kappa shape index (κ2) is 10.9. The predicted octanol–water partition coefficient (Wildman–Crippen LogP) is 2.69. The number of aryl methyl sites for hydroxylation is 1. The van der Waals surface area contributed by atoms with Gasteiger partial charge in [0.1, 0.15) is 5.69 Å². The summed E-state index contributed by atoms with van der Waals surface area (Å²) < 4.78 is 7.20. The molecule has 0 bridgehead atoms. The van der Waals surface area contributed by atoms with Crippen LogP contribution in [0.1, 0.15) is 48.7 Å². The van der Waals surface area contributed by atoms with Crippen molar-refractivity contribution in [2.75, 3.05) is 44.3 Å². The number of amides is 2. The first-order chi connectivity index (χ1) is 16.0. The number of ether oxygens (including phenoxy) is 1. The van der Waals surface area contributed by atoms with Crippen LogP contribution < -0.4 is 4.90 Å². The van der Waals surface area contributed by atoms with Crippen LogP contribution in [0.25, 0.3) is 0 Å². The smallest absolute Gasteiger partial charge is 0.272 e. The SMILES string of the molecule is CC(=O)N1CCCN(C2CCOCC2)CCCN(C(=O)c2ccnn2C)Cc2ccccc21. The molecule has 4 rings (SSSR count). The Hall–Kier alpha value is -2.71. The van der Waals surface area contributed by atoms with E-state index in [9.17, 15) is 9.59 Å². The summed E-state index contributed by atoms with van der Waals surface area (Å²) >= 11 is 0. The Kier molecular flexibility index (Phi) is 7.77. The van der Waals surface area contributed by atoms with E-state index in [0.29, 0.717) is 31.4 Å². The molecule has 0 radical (unpaired) electrons. The molecule has 178 valence electrons. The third kappa shape index (κ3) is 5.62. The van der Waals surface area contributed by atoms with Crippen molar-refractivity contribution in [1.29, 1.82) is 0 Å². The van der Waals surface area contributed by atoms with Crippen LogP contribution in [0.4, 0.5) is 5.69 Å². The van der Waals surface area contributed by atoms with Crippen molar-refractivity contribution < 1.29 is 14.3 Å². The van der Waals surface area contributed by atoms with Crippen LogP contribution >= 0.6 is 0 Å². The normalized spacial score (nSPS) is 19.5. The number of aromatic nitrogens is 2. The van der Waals surface area contributed by atoms with Crippen LogP contribution in [0.5, 0.6) is 0 Å². The van der Waals surface area contributed by atoms with Crippen molar-refractivity contribution in [1.82, 2.24) is 19.6 Å². The number of carbonyl (C=O) groups excluding carboxylic acids is 2. The van der Waals surface area contributed by atoms with Gasteiger partial charge in [-0.3, -0.25) is 14.3 Å². The molecule has 2 aromatic rings. The van der Waals surface area contributed by atoms with Crippen LogP contribution in [0, 0.1) is 0 Å². The molecular weight excluding hydrogens is 418 g/mol. The van der Waals surface area contributed by atoms with E-state index < -0.39 is 0 Å². The van der Waals surface area contributed by atoms with Crippen LogP contribution in [0.15, 0.2) is 36.5 Å². The maximum absolute atomic E-state index is 13.5. The lowest BCUT2D eigenvalue weighted by atomic mass is 10.1. The summed E-state index contributed by atoms with van der Waals surface area (Å²) in [4.78, 5) is 32.4. The van der Waals surface area contributed by atoms with E-state index in [-0.39, 0.29) is 11.8 Å². The van der Waals surface area contributed by atoms with E-state index in [4.69, 9.17) is 4.74 Å². The second-order valence-corrected chi connectivity index (χ2v) is 8.95. The van der Waals surface area contributed by atoms with Gasteiger partial charge in [-0.15, -0.1) is 0 Å². The predicted molar refractivity (Wildman–Crippen MR) is 127 cm³/mol.